The summed E-state index contributed by atoms with van der Waals surface area (Å²) in [6.45, 7) is 0. The number of carboxylic acids is 1. The molecule has 18 heavy (non-hydrogen) atoms. The Hall–Kier alpha value is -1.77. The van der Waals surface area contributed by atoms with Gasteiger partial charge in [-0.2, -0.15) is 0 Å². The molecule has 1 unspecified atom stereocenters. The molecule has 96 valence electrons. The molecule has 1 aromatic rings. The molecule has 0 radical (unpaired) electrons. The second-order valence-electron chi connectivity index (χ2n) is 4.68. The molecule has 0 aromatic heterocycles. The van der Waals surface area contributed by atoms with Crippen LogP contribution in [0.4, 0.5) is 0 Å². The summed E-state index contributed by atoms with van der Waals surface area (Å²) in [4.78, 5) is 10.6. The lowest BCUT2D eigenvalue weighted by Gasteiger charge is -2.21. The number of allylic oxidation sites excluding steroid dienone is 1. The van der Waals surface area contributed by atoms with Crippen LogP contribution in [-0.4, -0.2) is 18.2 Å². The number of benzene rings is 1. The lowest BCUT2D eigenvalue weighted by Crippen LogP contribution is -2.07. The molecule has 2 rings (SSSR count). The van der Waals surface area contributed by atoms with Crippen LogP contribution in [0.5, 0.6) is 5.75 Å². The summed E-state index contributed by atoms with van der Waals surface area (Å²) in [5.74, 6) is 0.647. The van der Waals surface area contributed by atoms with E-state index in [1.54, 1.807) is 7.11 Å². The Bertz CT molecular complexity index is 445. The zero-order chi connectivity index (χ0) is 13.0. The van der Waals surface area contributed by atoms with Crippen LogP contribution in [-0.2, 0) is 4.79 Å². The van der Waals surface area contributed by atoms with Crippen LogP contribution in [0.15, 0.2) is 35.9 Å². The van der Waals surface area contributed by atoms with Crippen LogP contribution in [0.1, 0.15) is 37.2 Å². The van der Waals surface area contributed by atoms with Crippen LogP contribution in [0.25, 0.3) is 0 Å². The Kier molecular flexibility index (Phi) is 4.03. The predicted octanol–water partition coefficient (Wildman–Crippen LogP) is 3.36. The highest BCUT2D eigenvalue weighted by Gasteiger charge is 2.17. The molecule has 0 fully saturated rings. The van der Waals surface area contributed by atoms with E-state index in [0.717, 1.165) is 30.6 Å². The summed E-state index contributed by atoms with van der Waals surface area (Å²) in [7, 11) is 1.66. The van der Waals surface area contributed by atoms with E-state index in [2.05, 4.69) is 18.2 Å². The van der Waals surface area contributed by atoms with Crippen molar-refractivity contribution in [3.8, 4) is 5.75 Å². The second-order valence-corrected chi connectivity index (χ2v) is 4.68. The van der Waals surface area contributed by atoms with Crippen molar-refractivity contribution in [3.05, 3.63) is 41.5 Å². The lowest BCUT2D eigenvalue weighted by atomic mass is 9.84. The molecule has 0 bridgehead atoms. The van der Waals surface area contributed by atoms with E-state index in [4.69, 9.17) is 9.84 Å². The minimum atomic E-state index is -0.732. The third-order valence-electron chi connectivity index (χ3n) is 3.47. The van der Waals surface area contributed by atoms with Crippen molar-refractivity contribution in [3.63, 3.8) is 0 Å². The largest absolute Gasteiger partial charge is 0.497 e. The normalized spacial score (nSPS) is 19.2. The Morgan fingerprint density at radius 1 is 1.39 bits per heavy atom. The molecule has 1 atom stereocenters. The number of hydrogen-bond acceptors (Lipinski definition) is 2. The number of ether oxygens (including phenoxy) is 1. The molecule has 0 amide bonds. The van der Waals surface area contributed by atoms with Gasteiger partial charge in [0.15, 0.2) is 0 Å². The van der Waals surface area contributed by atoms with Gasteiger partial charge in [-0.15, -0.1) is 0 Å². The fraction of sp³-hybridized carbons (Fsp3) is 0.400. The molecule has 1 aliphatic carbocycles. The van der Waals surface area contributed by atoms with E-state index in [1.165, 1.54) is 5.56 Å². The average molecular weight is 246 g/mol. The maximum absolute atomic E-state index is 10.6. The molecule has 1 aliphatic rings. The van der Waals surface area contributed by atoms with Gasteiger partial charge in [0.05, 0.1) is 13.5 Å². The SMILES string of the molecule is COc1ccc(C2CC=C(CC(=O)O)CC2)cc1. The second kappa shape index (κ2) is 5.71. The number of hydrogen-bond donors (Lipinski definition) is 1. The molecular weight excluding hydrogens is 228 g/mol. The average Bonchev–Trinajstić information content (AvgIpc) is 2.39. The summed E-state index contributed by atoms with van der Waals surface area (Å²) in [6.07, 6.45) is 5.14. The third kappa shape index (κ3) is 3.13. The van der Waals surface area contributed by atoms with Crippen molar-refractivity contribution < 1.29 is 14.6 Å². The Labute approximate surface area is 107 Å². The Balaban J connectivity index is 2.00. The van der Waals surface area contributed by atoms with Crippen molar-refractivity contribution in [1.29, 1.82) is 0 Å². The first-order valence-corrected chi connectivity index (χ1v) is 6.22. The van der Waals surface area contributed by atoms with Crippen LogP contribution >= 0.6 is 0 Å². The zero-order valence-electron chi connectivity index (χ0n) is 10.6. The first-order chi connectivity index (χ1) is 8.69. The first-order valence-electron chi connectivity index (χ1n) is 6.22. The van der Waals surface area contributed by atoms with Gasteiger partial charge < -0.3 is 9.84 Å². The van der Waals surface area contributed by atoms with Crippen molar-refractivity contribution in [2.75, 3.05) is 7.11 Å². The number of carbonyl (C=O) groups is 1. The molecule has 1 aromatic carbocycles. The summed E-state index contributed by atoms with van der Waals surface area (Å²) >= 11 is 0. The molecule has 0 aliphatic heterocycles. The molecule has 0 saturated carbocycles. The molecule has 1 N–H and O–H groups in total. The van der Waals surface area contributed by atoms with Crippen molar-refractivity contribution in [1.82, 2.24) is 0 Å². The first kappa shape index (κ1) is 12.7. The summed E-state index contributed by atoms with van der Waals surface area (Å²) in [6, 6.07) is 8.15. The molecule has 3 nitrogen and oxygen atoms in total. The Morgan fingerprint density at radius 3 is 2.61 bits per heavy atom. The number of rotatable bonds is 4. The van der Waals surface area contributed by atoms with Crippen LogP contribution < -0.4 is 4.74 Å². The maximum Gasteiger partial charge on any atom is 0.307 e. The van der Waals surface area contributed by atoms with Crippen LogP contribution in [0.2, 0.25) is 0 Å². The quantitative estimate of drug-likeness (QED) is 0.828. The fourth-order valence-corrected chi connectivity index (χ4v) is 2.42. The highest BCUT2D eigenvalue weighted by molar-refractivity contribution is 5.70. The van der Waals surface area contributed by atoms with Crippen molar-refractivity contribution in [2.24, 2.45) is 0 Å². The minimum absolute atomic E-state index is 0.190. The monoisotopic (exact) mass is 246 g/mol. The van der Waals surface area contributed by atoms with Gasteiger partial charge >= 0.3 is 5.97 Å². The van der Waals surface area contributed by atoms with Gasteiger partial charge in [-0.25, -0.2) is 0 Å². The molecular formula is C15H18O3. The van der Waals surface area contributed by atoms with Crippen LogP contribution in [0, 0.1) is 0 Å². The Morgan fingerprint density at radius 2 is 2.11 bits per heavy atom. The number of aliphatic carboxylic acids is 1. The van der Waals surface area contributed by atoms with E-state index in [-0.39, 0.29) is 6.42 Å². The van der Waals surface area contributed by atoms with Gasteiger partial charge in [-0.3, -0.25) is 4.79 Å². The van der Waals surface area contributed by atoms with Crippen LogP contribution in [0.3, 0.4) is 0 Å². The van der Waals surface area contributed by atoms with E-state index in [9.17, 15) is 4.79 Å². The minimum Gasteiger partial charge on any atom is -0.497 e. The van der Waals surface area contributed by atoms with Gasteiger partial charge in [0.1, 0.15) is 5.75 Å². The number of methoxy groups -OCH3 is 1. The van der Waals surface area contributed by atoms with Crippen molar-refractivity contribution >= 4 is 5.97 Å². The fourth-order valence-electron chi connectivity index (χ4n) is 2.42. The van der Waals surface area contributed by atoms with Gasteiger partial charge in [0.2, 0.25) is 0 Å². The summed E-state index contributed by atoms with van der Waals surface area (Å²) in [5, 5.41) is 8.75. The predicted molar refractivity (Wildman–Crippen MR) is 69.9 cm³/mol. The van der Waals surface area contributed by atoms with E-state index in [1.807, 2.05) is 12.1 Å². The highest BCUT2D eigenvalue weighted by Crippen LogP contribution is 2.33. The number of carboxylic acid groups (broad SMARTS) is 1. The van der Waals surface area contributed by atoms with Gasteiger partial charge in [-0.1, -0.05) is 23.8 Å². The zero-order valence-corrected chi connectivity index (χ0v) is 10.6. The standard InChI is InChI=1S/C15H18O3/c1-18-14-8-6-13(7-9-14)12-4-2-11(3-5-12)10-15(16)17/h2,6-9,12H,3-5,10H2,1H3,(H,16,17). The third-order valence-corrected chi connectivity index (χ3v) is 3.47. The molecule has 0 heterocycles. The summed E-state index contributed by atoms with van der Waals surface area (Å²) < 4.78 is 5.14. The lowest BCUT2D eigenvalue weighted by molar-refractivity contribution is -0.136. The van der Waals surface area contributed by atoms with Gasteiger partial charge in [0, 0.05) is 0 Å². The van der Waals surface area contributed by atoms with Gasteiger partial charge in [-0.05, 0) is 42.9 Å². The van der Waals surface area contributed by atoms with E-state index < -0.39 is 5.97 Å². The van der Waals surface area contributed by atoms with E-state index >= 15 is 0 Å². The topological polar surface area (TPSA) is 46.5 Å². The van der Waals surface area contributed by atoms with Gasteiger partial charge in [0.25, 0.3) is 0 Å². The molecule has 0 saturated heterocycles. The summed E-state index contributed by atoms with van der Waals surface area (Å²) in [5.41, 5.74) is 2.37. The van der Waals surface area contributed by atoms with Crippen molar-refractivity contribution in [2.45, 2.75) is 31.6 Å². The molecule has 3 heteroatoms. The smallest absolute Gasteiger partial charge is 0.307 e. The highest BCUT2D eigenvalue weighted by atomic mass is 16.5. The molecule has 0 spiro atoms. The maximum atomic E-state index is 10.6. The van der Waals surface area contributed by atoms with E-state index in [0.29, 0.717) is 5.92 Å².